The van der Waals surface area contributed by atoms with Crippen molar-refractivity contribution in [2.24, 2.45) is 0 Å². The van der Waals surface area contributed by atoms with Gasteiger partial charge in [0.15, 0.2) is 0 Å². The lowest BCUT2D eigenvalue weighted by atomic mass is 10.0. The number of nitro benzene ring substituents is 1. The second-order valence-electron chi connectivity index (χ2n) is 9.69. The average Bonchev–Trinajstić information content (AvgIpc) is 2.95. The summed E-state index contributed by atoms with van der Waals surface area (Å²) in [6.07, 6.45) is -4.48. The molecule has 0 spiro atoms. The fourth-order valence-corrected chi connectivity index (χ4v) is 4.66. The van der Waals surface area contributed by atoms with Crippen LogP contribution in [0, 0.1) is 10.1 Å². The van der Waals surface area contributed by atoms with Gasteiger partial charge in [0.25, 0.3) is 11.6 Å². The summed E-state index contributed by atoms with van der Waals surface area (Å²) >= 11 is 0. The molecule has 1 fully saturated rings. The quantitative estimate of drug-likeness (QED) is 0.288. The molecular weight excluding hydrogens is 543 g/mol. The number of carbonyl (C=O) groups excluding carboxylic acids is 1. The number of nitro groups is 1. The van der Waals surface area contributed by atoms with Gasteiger partial charge in [-0.2, -0.15) is 13.2 Å². The third-order valence-electron chi connectivity index (χ3n) is 6.79. The third kappa shape index (κ3) is 6.51. The van der Waals surface area contributed by atoms with Gasteiger partial charge in [-0.1, -0.05) is 18.2 Å². The summed E-state index contributed by atoms with van der Waals surface area (Å²) in [5.41, 5.74) is 0.798. The van der Waals surface area contributed by atoms with Gasteiger partial charge in [0.2, 0.25) is 0 Å². The summed E-state index contributed by atoms with van der Waals surface area (Å²) in [7, 11) is 3.07. The van der Waals surface area contributed by atoms with Crippen molar-refractivity contribution in [3.63, 3.8) is 0 Å². The Morgan fingerprint density at radius 1 is 1.00 bits per heavy atom. The number of carbonyl (C=O) groups is 2. The van der Waals surface area contributed by atoms with Crippen molar-refractivity contribution >= 4 is 34.6 Å². The van der Waals surface area contributed by atoms with E-state index >= 15 is 0 Å². The molecule has 3 aromatic rings. The molecule has 4 rings (SSSR count). The van der Waals surface area contributed by atoms with Gasteiger partial charge in [-0.3, -0.25) is 14.9 Å². The second-order valence-corrected chi connectivity index (χ2v) is 9.69. The molecule has 10 nitrogen and oxygen atoms in total. The van der Waals surface area contributed by atoms with E-state index in [1.54, 1.807) is 28.0 Å². The molecule has 0 aromatic heterocycles. The minimum absolute atomic E-state index is 0.0962. The number of alkyl halides is 3. The zero-order valence-electron chi connectivity index (χ0n) is 22.3. The summed E-state index contributed by atoms with van der Waals surface area (Å²) in [4.78, 5) is 40.9. The number of halogens is 3. The average molecular weight is 572 g/mol. The summed E-state index contributed by atoms with van der Waals surface area (Å²) in [6.45, 7) is 1.23. The Kier molecular flexibility index (Phi) is 8.36. The molecule has 1 aliphatic heterocycles. The fourth-order valence-electron chi connectivity index (χ4n) is 4.66. The van der Waals surface area contributed by atoms with Crippen LogP contribution in [-0.4, -0.2) is 67.1 Å². The van der Waals surface area contributed by atoms with Gasteiger partial charge in [0, 0.05) is 64.3 Å². The lowest BCUT2D eigenvalue weighted by Gasteiger charge is -2.38. The molecule has 2 N–H and O–H groups in total. The highest BCUT2D eigenvalue weighted by Crippen LogP contribution is 2.39. The largest absolute Gasteiger partial charge is 0.478 e. The zero-order chi connectivity index (χ0) is 29.9. The van der Waals surface area contributed by atoms with E-state index in [0.717, 1.165) is 17.7 Å². The van der Waals surface area contributed by atoms with Crippen LogP contribution in [0.5, 0.6) is 0 Å². The predicted octanol–water partition coefficient (Wildman–Crippen LogP) is 4.95. The minimum atomic E-state index is -4.48. The summed E-state index contributed by atoms with van der Waals surface area (Å²) in [5.74, 6) is -1.52. The van der Waals surface area contributed by atoms with Crippen LogP contribution in [0.1, 0.15) is 31.8 Å². The van der Waals surface area contributed by atoms with Crippen LogP contribution < -0.4 is 15.1 Å². The number of benzene rings is 3. The molecule has 0 atom stereocenters. The number of carboxylic acids is 1. The summed E-state index contributed by atoms with van der Waals surface area (Å²) < 4.78 is 39.7. The number of hydrogen-bond acceptors (Lipinski definition) is 7. The lowest BCUT2D eigenvalue weighted by molar-refractivity contribution is -0.384. The van der Waals surface area contributed by atoms with Crippen molar-refractivity contribution in [3.05, 3.63) is 93.0 Å². The molecule has 216 valence electrons. The van der Waals surface area contributed by atoms with E-state index in [1.165, 1.54) is 49.3 Å². The molecular formula is C28H28F3N5O5. The van der Waals surface area contributed by atoms with Gasteiger partial charge in [-0.15, -0.1) is 0 Å². The van der Waals surface area contributed by atoms with E-state index in [9.17, 15) is 32.9 Å². The molecule has 0 radical (unpaired) electrons. The number of aromatic carboxylic acids is 1. The molecule has 41 heavy (non-hydrogen) atoms. The maximum atomic E-state index is 13.4. The number of amides is 1. The van der Waals surface area contributed by atoms with Gasteiger partial charge in [0.05, 0.1) is 21.6 Å². The van der Waals surface area contributed by atoms with E-state index in [4.69, 9.17) is 5.11 Å². The highest BCUT2D eigenvalue weighted by molar-refractivity contribution is 6.07. The van der Waals surface area contributed by atoms with Crippen LogP contribution in [0.25, 0.3) is 0 Å². The number of anilines is 3. The van der Waals surface area contributed by atoms with Crippen molar-refractivity contribution < 1.29 is 32.8 Å². The van der Waals surface area contributed by atoms with E-state index < -0.39 is 28.5 Å². The van der Waals surface area contributed by atoms with E-state index in [1.807, 2.05) is 0 Å². The second kappa shape index (κ2) is 11.7. The number of nitrogens with zero attached hydrogens (tertiary/aromatic N) is 4. The van der Waals surface area contributed by atoms with Gasteiger partial charge in [-0.05, 0) is 42.0 Å². The van der Waals surface area contributed by atoms with Crippen molar-refractivity contribution in [2.45, 2.75) is 12.7 Å². The molecule has 0 bridgehead atoms. The van der Waals surface area contributed by atoms with Crippen molar-refractivity contribution in [1.29, 1.82) is 0 Å². The third-order valence-corrected chi connectivity index (χ3v) is 6.79. The fraction of sp³-hybridized carbons (Fsp3) is 0.286. The molecule has 0 saturated carbocycles. The molecule has 13 heteroatoms. The number of rotatable bonds is 8. The van der Waals surface area contributed by atoms with Crippen LogP contribution in [0.15, 0.2) is 60.7 Å². The minimum Gasteiger partial charge on any atom is -0.478 e. The van der Waals surface area contributed by atoms with Gasteiger partial charge < -0.3 is 25.1 Å². The standard InChI is InChI=1S/C28H28F3N5O5/c1-33(2)26(37)24-22(32-17-18-6-8-19(9-7-18)27(38)39)10-11-23(36(40)41)25(24)35-14-12-34(13-15-35)21-5-3-4-20(16-21)28(29,30)31/h3-11,16,32H,12-15,17H2,1-2H3,(H,38,39). The molecule has 3 aromatic carbocycles. The zero-order valence-corrected chi connectivity index (χ0v) is 22.3. The number of nitrogens with one attached hydrogen (secondary N) is 1. The Morgan fingerprint density at radius 3 is 2.20 bits per heavy atom. The van der Waals surface area contributed by atoms with Crippen LogP contribution in [0.4, 0.5) is 35.9 Å². The van der Waals surface area contributed by atoms with Crippen LogP contribution in [0.2, 0.25) is 0 Å². The summed E-state index contributed by atoms with van der Waals surface area (Å²) in [5, 5.41) is 24.3. The SMILES string of the molecule is CN(C)C(=O)c1c(NCc2ccc(C(=O)O)cc2)ccc([N+](=O)[O-])c1N1CCN(c2cccc(C(F)(F)F)c2)CC1. The number of carboxylic acid groups (broad SMARTS) is 1. The molecule has 1 aliphatic rings. The van der Waals surface area contributed by atoms with E-state index in [2.05, 4.69) is 5.32 Å². The first-order valence-electron chi connectivity index (χ1n) is 12.6. The topological polar surface area (TPSA) is 119 Å². The molecule has 1 amide bonds. The Bertz CT molecular complexity index is 1450. The van der Waals surface area contributed by atoms with Gasteiger partial charge in [-0.25, -0.2) is 4.79 Å². The van der Waals surface area contributed by atoms with E-state index in [-0.39, 0.29) is 55.2 Å². The molecule has 1 heterocycles. The first-order chi connectivity index (χ1) is 19.4. The van der Waals surface area contributed by atoms with Crippen LogP contribution in [-0.2, 0) is 12.7 Å². The molecule has 1 saturated heterocycles. The first-order valence-corrected chi connectivity index (χ1v) is 12.6. The van der Waals surface area contributed by atoms with E-state index in [0.29, 0.717) is 11.4 Å². The van der Waals surface area contributed by atoms with Crippen molar-refractivity contribution in [2.75, 3.05) is 55.4 Å². The van der Waals surface area contributed by atoms with Crippen molar-refractivity contribution in [3.8, 4) is 0 Å². The highest BCUT2D eigenvalue weighted by atomic mass is 19.4. The smallest absolute Gasteiger partial charge is 0.416 e. The Hall–Kier alpha value is -4.81. The summed E-state index contributed by atoms with van der Waals surface area (Å²) in [6, 6.07) is 13.9. The monoisotopic (exact) mass is 571 g/mol. The number of piperazine rings is 1. The first kappa shape index (κ1) is 29.2. The number of hydrogen-bond donors (Lipinski definition) is 2. The highest BCUT2D eigenvalue weighted by Gasteiger charge is 2.34. The lowest BCUT2D eigenvalue weighted by Crippen LogP contribution is -2.47. The van der Waals surface area contributed by atoms with Crippen LogP contribution in [0.3, 0.4) is 0 Å². The van der Waals surface area contributed by atoms with Gasteiger partial charge in [0.1, 0.15) is 5.69 Å². The maximum Gasteiger partial charge on any atom is 0.416 e. The van der Waals surface area contributed by atoms with Crippen molar-refractivity contribution in [1.82, 2.24) is 4.90 Å². The van der Waals surface area contributed by atoms with Gasteiger partial charge >= 0.3 is 12.1 Å². The Balaban J connectivity index is 1.65. The molecule has 0 unspecified atom stereocenters. The Morgan fingerprint density at radius 2 is 1.63 bits per heavy atom. The molecule has 0 aliphatic carbocycles. The normalized spacial score (nSPS) is 13.6. The van der Waals surface area contributed by atoms with Crippen LogP contribution >= 0.6 is 0 Å². The predicted molar refractivity (Wildman–Crippen MR) is 148 cm³/mol. The Labute approximate surface area is 233 Å². The maximum absolute atomic E-state index is 13.4.